The van der Waals surface area contributed by atoms with E-state index in [1.54, 1.807) is 18.2 Å². The number of carbonyl (C=O) groups is 2. The van der Waals surface area contributed by atoms with Gasteiger partial charge in [-0.2, -0.15) is 0 Å². The molecule has 130 valence electrons. The van der Waals surface area contributed by atoms with Crippen molar-refractivity contribution in [1.82, 2.24) is 0 Å². The van der Waals surface area contributed by atoms with Gasteiger partial charge in [0.1, 0.15) is 0 Å². The van der Waals surface area contributed by atoms with Crippen molar-refractivity contribution in [3.8, 4) is 0 Å². The average Bonchev–Trinajstić information content (AvgIpc) is 3.34. The molecule has 2 aromatic carbocycles. The van der Waals surface area contributed by atoms with Gasteiger partial charge in [0, 0.05) is 10.7 Å². The lowest BCUT2D eigenvalue weighted by Crippen LogP contribution is -2.21. The van der Waals surface area contributed by atoms with Crippen LogP contribution in [0.25, 0.3) is 0 Å². The summed E-state index contributed by atoms with van der Waals surface area (Å²) in [4.78, 5) is 24.7. The lowest BCUT2D eigenvalue weighted by atomic mass is 10.1. The van der Waals surface area contributed by atoms with Crippen molar-refractivity contribution in [3.63, 3.8) is 0 Å². The van der Waals surface area contributed by atoms with E-state index in [0.29, 0.717) is 22.2 Å². The lowest BCUT2D eigenvalue weighted by molar-refractivity contribution is -0.122. The third kappa shape index (κ3) is 4.14. The van der Waals surface area contributed by atoms with Crippen molar-refractivity contribution < 1.29 is 9.59 Å². The summed E-state index contributed by atoms with van der Waals surface area (Å²) in [6, 6.07) is 10.8. The molecule has 1 saturated carbocycles. The van der Waals surface area contributed by atoms with Crippen molar-refractivity contribution in [3.05, 3.63) is 57.6 Å². The number of hydrogen-bond donors (Lipinski definition) is 2. The Balaban J connectivity index is 1.60. The quantitative estimate of drug-likeness (QED) is 0.802. The number of anilines is 2. The van der Waals surface area contributed by atoms with E-state index in [2.05, 4.69) is 10.6 Å². The molecule has 0 spiro atoms. The summed E-state index contributed by atoms with van der Waals surface area (Å²) in [5, 5.41) is 6.55. The Morgan fingerprint density at radius 3 is 2.20 bits per heavy atom. The number of carbonyl (C=O) groups excluding carboxylic acids is 2. The second-order valence-electron chi connectivity index (χ2n) is 6.37. The molecule has 1 aliphatic rings. The van der Waals surface area contributed by atoms with E-state index >= 15 is 0 Å². The van der Waals surface area contributed by atoms with Gasteiger partial charge in [-0.05, 0) is 55.7 Å². The predicted molar refractivity (Wildman–Crippen MR) is 101 cm³/mol. The first-order valence-electron chi connectivity index (χ1n) is 7.99. The van der Waals surface area contributed by atoms with E-state index in [1.807, 2.05) is 32.0 Å². The van der Waals surface area contributed by atoms with Gasteiger partial charge < -0.3 is 10.6 Å². The van der Waals surface area contributed by atoms with Crippen LogP contribution in [-0.2, 0) is 9.59 Å². The fraction of sp³-hybridized carbons (Fsp3) is 0.263. The van der Waals surface area contributed by atoms with E-state index in [-0.39, 0.29) is 23.7 Å². The first-order chi connectivity index (χ1) is 11.8. The molecule has 1 fully saturated rings. The highest BCUT2D eigenvalue weighted by atomic mass is 35.5. The largest absolute Gasteiger partial charge is 0.326 e. The van der Waals surface area contributed by atoms with Crippen molar-refractivity contribution in [2.24, 2.45) is 11.8 Å². The highest BCUT2D eigenvalue weighted by Gasteiger charge is 2.48. The van der Waals surface area contributed by atoms with Crippen LogP contribution >= 0.6 is 23.2 Å². The fourth-order valence-corrected chi connectivity index (χ4v) is 3.14. The van der Waals surface area contributed by atoms with Crippen LogP contribution in [0.2, 0.25) is 10.0 Å². The number of rotatable bonds is 4. The van der Waals surface area contributed by atoms with Crippen LogP contribution in [0.4, 0.5) is 11.4 Å². The van der Waals surface area contributed by atoms with Gasteiger partial charge in [0.25, 0.3) is 0 Å². The fourth-order valence-electron chi connectivity index (χ4n) is 2.69. The van der Waals surface area contributed by atoms with Gasteiger partial charge in [-0.3, -0.25) is 9.59 Å². The first kappa shape index (κ1) is 17.8. The molecule has 1 aliphatic carbocycles. The van der Waals surface area contributed by atoms with Gasteiger partial charge in [0.15, 0.2) is 0 Å². The molecule has 0 radical (unpaired) electrons. The topological polar surface area (TPSA) is 58.2 Å². The summed E-state index contributed by atoms with van der Waals surface area (Å²) in [6.07, 6.45) is 0.535. The maximum absolute atomic E-state index is 12.4. The minimum atomic E-state index is -0.336. The van der Waals surface area contributed by atoms with Crippen LogP contribution in [0.5, 0.6) is 0 Å². The van der Waals surface area contributed by atoms with Crippen molar-refractivity contribution >= 4 is 46.4 Å². The van der Waals surface area contributed by atoms with Crippen molar-refractivity contribution in [2.45, 2.75) is 20.3 Å². The highest BCUT2D eigenvalue weighted by Crippen LogP contribution is 2.41. The number of aryl methyl sites for hydroxylation is 2. The Morgan fingerprint density at radius 1 is 0.920 bits per heavy atom. The molecule has 25 heavy (non-hydrogen) atoms. The Labute approximate surface area is 156 Å². The zero-order valence-electron chi connectivity index (χ0n) is 13.9. The molecular formula is C19H18Cl2N2O2. The third-order valence-corrected chi connectivity index (χ3v) is 4.85. The molecule has 2 aromatic rings. The van der Waals surface area contributed by atoms with Crippen LogP contribution in [0.1, 0.15) is 17.5 Å². The van der Waals surface area contributed by atoms with Crippen LogP contribution in [0.3, 0.4) is 0 Å². The SMILES string of the molecule is Cc1ccc(C)c(NC(=O)C2CC2C(=O)Nc2ccc(Cl)cc2Cl)c1. The average molecular weight is 377 g/mol. The number of amides is 2. The highest BCUT2D eigenvalue weighted by molar-refractivity contribution is 6.36. The molecular weight excluding hydrogens is 359 g/mol. The van der Waals surface area contributed by atoms with Gasteiger partial charge in [0.2, 0.25) is 11.8 Å². The van der Waals surface area contributed by atoms with Gasteiger partial charge in [-0.25, -0.2) is 0 Å². The number of hydrogen-bond acceptors (Lipinski definition) is 2. The third-order valence-electron chi connectivity index (χ3n) is 4.30. The Kier molecular flexibility index (Phi) is 5.02. The number of benzene rings is 2. The maximum Gasteiger partial charge on any atom is 0.228 e. The molecule has 0 aliphatic heterocycles. The molecule has 2 amide bonds. The number of nitrogens with one attached hydrogen (secondary N) is 2. The van der Waals surface area contributed by atoms with Gasteiger partial charge in [-0.15, -0.1) is 0 Å². The zero-order valence-corrected chi connectivity index (χ0v) is 15.4. The summed E-state index contributed by atoms with van der Waals surface area (Å²) in [5.41, 5.74) is 3.35. The molecule has 0 aromatic heterocycles. The van der Waals surface area contributed by atoms with E-state index < -0.39 is 0 Å². The summed E-state index contributed by atoms with van der Waals surface area (Å²) in [6.45, 7) is 3.91. The van der Waals surface area contributed by atoms with Gasteiger partial charge in [-0.1, -0.05) is 35.3 Å². The Bertz CT molecular complexity index is 851. The second kappa shape index (κ2) is 7.06. The summed E-state index contributed by atoms with van der Waals surface area (Å²) in [5.74, 6) is -0.982. The van der Waals surface area contributed by atoms with E-state index in [1.165, 1.54) is 0 Å². The Hall–Kier alpha value is -2.04. The zero-order chi connectivity index (χ0) is 18.1. The molecule has 0 bridgehead atoms. The standard InChI is InChI=1S/C19H18Cl2N2O2/c1-10-3-4-11(2)17(7-10)23-19(25)14-9-13(14)18(24)22-16-6-5-12(20)8-15(16)21/h3-8,13-14H,9H2,1-2H3,(H,22,24)(H,23,25). The molecule has 2 atom stereocenters. The smallest absolute Gasteiger partial charge is 0.228 e. The molecule has 6 heteroatoms. The normalized spacial score (nSPS) is 18.6. The van der Waals surface area contributed by atoms with E-state index in [4.69, 9.17) is 23.2 Å². The second-order valence-corrected chi connectivity index (χ2v) is 7.21. The minimum Gasteiger partial charge on any atom is -0.326 e. The van der Waals surface area contributed by atoms with E-state index in [9.17, 15) is 9.59 Å². The molecule has 3 rings (SSSR count). The van der Waals surface area contributed by atoms with E-state index in [0.717, 1.165) is 16.8 Å². The van der Waals surface area contributed by atoms with Crippen LogP contribution in [-0.4, -0.2) is 11.8 Å². The molecule has 2 unspecified atom stereocenters. The Morgan fingerprint density at radius 2 is 1.56 bits per heavy atom. The van der Waals surface area contributed by atoms with Gasteiger partial charge in [0.05, 0.1) is 22.5 Å². The first-order valence-corrected chi connectivity index (χ1v) is 8.75. The molecule has 0 heterocycles. The molecule has 2 N–H and O–H groups in total. The maximum atomic E-state index is 12.4. The molecule has 4 nitrogen and oxygen atoms in total. The van der Waals surface area contributed by atoms with Crippen LogP contribution < -0.4 is 10.6 Å². The summed E-state index contributed by atoms with van der Waals surface area (Å²) in [7, 11) is 0. The minimum absolute atomic E-state index is 0.129. The lowest BCUT2D eigenvalue weighted by Gasteiger charge is -2.10. The monoisotopic (exact) mass is 376 g/mol. The summed E-state index contributed by atoms with van der Waals surface area (Å²) < 4.78 is 0. The molecule has 0 saturated heterocycles. The number of halogens is 2. The van der Waals surface area contributed by atoms with Gasteiger partial charge >= 0.3 is 0 Å². The van der Waals surface area contributed by atoms with Crippen LogP contribution in [0.15, 0.2) is 36.4 Å². The van der Waals surface area contributed by atoms with Crippen molar-refractivity contribution in [1.29, 1.82) is 0 Å². The predicted octanol–water partition coefficient (Wildman–Crippen LogP) is 4.82. The van der Waals surface area contributed by atoms with Crippen molar-refractivity contribution in [2.75, 3.05) is 10.6 Å². The summed E-state index contributed by atoms with van der Waals surface area (Å²) >= 11 is 11.9. The van der Waals surface area contributed by atoms with Crippen LogP contribution in [0, 0.1) is 25.7 Å².